The summed E-state index contributed by atoms with van der Waals surface area (Å²) in [5.74, 6) is 2.35. The van der Waals surface area contributed by atoms with Gasteiger partial charge in [0.15, 0.2) is 0 Å². The van der Waals surface area contributed by atoms with E-state index in [-0.39, 0.29) is 0 Å². The van der Waals surface area contributed by atoms with Gasteiger partial charge in [0.05, 0.1) is 6.10 Å². The van der Waals surface area contributed by atoms with Gasteiger partial charge < -0.3 is 10.0 Å². The highest BCUT2D eigenvalue weighted by molar-refractivity contribution is 5.48. The number of aromatic nitrogens is 1. The Labute approximate surface area is 97.1 Å². The molecule has 2 rings (SSSR count). The molecule has 0 radical (unpaired) electrons. The molecule has 1 fully saturated rings. The van der Waals surface area contributed by atoms with Crippen molar-refractivity contribution < 1.29 is 5.11 Å². The highest BCUT2D eigenvalue weighted by atomic mass is 16.3. The summed E-state index contributed by atoms with van der Waals surface area (Å²) in [4.78, 5) is 6.71. The molecule has 16 heavy (non-hydrogen) atoms. The zero-order valence-corrected chi connectivity index (χ0v) is 10.2. The fraction of sp³-hybridized carbons (Fsp3) is 0.615. The molecule has 3 nitrogen and oxygen atoms in total. The maximum Gasteiger partial charge on any atom is 0.134 e. The first-order chi connectivity index (χ1) is 7.59. The van der Waals surface area contributed by atoms with E-state index in [1.54, 1.807) is 13.1 Å². The van der Waals surface area contributed by atoms with Crippen molar-refractivity contribution in [2.45, 2.75) is 26.9 Å². The van der Waals surface area contributed by atoms with Gasteiger partial charge in [-0.2, -0.15) is 0 Å². The number of hydrogen-bond acceptors (Lipinski definition) is 3. The minimum Gasteiger partial charge on any atom is -0.389 e. The van der Waals surface area contributed by atoms with Crippen molar-refractivity contribution in [3.05, 3.63) is 23.9 Å². The third-order valence-electron chi connectivity index (χ3n) is 3.55. The Hall–Kier alpha value is -1.09. The average Bonchev–Trinajstić information content (AvgIpc) is 2.59. The molecule has 0 spiro atoms. The van der Waals surface area contributed by atoms with E-state index in [0.717, 1.165) is 24.5 Å². The van der Waals surface area contributed by atoms with Crippen LogP contribution in [0.15, 0.2) is 18.3 Å². The molecule has 3 atom stereocenters. The van der Waals surface area contributed by atoms with Crippen LogP contribution in [0.4, 0.5) is 5.82 Å². The van der Waals surface area contributed by atoms with Crippen LogP contribution in [0.25, 0.3) is 0 Å². The second-order valence-corrected chi connectivity index (χ2v) is 4.95. The first kappa shape index (κ1) is 11.4. The molecule has 1 aromatic rings. The van der Waals surface area contributed by atoms with Crippen LogP contribution in [0.5, 0.6) is 0 Å². The zero-order valence-electron chi connectivity index (χ0n) is 10.2. The normalized spacial score (nSPS) is 27.1. The molecular formula is C13H20N2O. The van der Waals surface area contributed by atoms with Crippen LogP contribution in [0.2, 0.25) is 0 Å². The van der Waals surface area contributed by atoms with Crippen LogP contribution in [-0.2, 0) is 0 Å². The van der Waals surface area contributed by atoms with Gasteiger partial charge in [0.2, 0.25) is 0 Å². The predicted octanol–water partition coefficient (Wildman–Crippen LogP) is 2.23. The lowest BCUT2D eigenvalue weighted by Gasteiger charge is -2.21. The van der Waals surface area contributed by atoms with Crippen LogP contribution in [-0.4, -0.2) is 23.2 Å². The molecule has 1 aliphatic rings. The molecular weight excluding hydrogens is 200 g/mol. The molecule has 0 bridgehead atoms. The van der Waals surface area contributed by atoms with E-state index in [4.69, 9.17) is 0 Å². The maximum atomic E-state index is 9.73. The first-order valence-corrected chi connectivity index (χ1v) is 5.97. The molecule has 88 valence electrons. The smallest absolute Gasteiger partial charge is 0.134 e. The Morgan fingerprint density at radius 3 is 2.56 bits per heavy atom. The molecule has 3 heteroatoms. The molecule has 0 aromatic carbocycles. The fourth-order valence-electron chi connectivity index (χ4n) is 2.30. The van der Waals surface area contributed by atoms with Crippen LogP contribution in [0, 0.1) is 11.8 Å². The second kappa shape index (κ2) is 4.42. The van der Waals surface area contributed by atoms with Gasteiger partial charge in [-0.1, -0.05) is 19.9 Å². The van der Waals surface area contributed by atoms with Crippen LogP contribution < -0.4 is 4.90 Å². The lowest BCUT2D eigenvalue weighted by Crippen LogP contribution is -2.22. The van der Waals surface area contributed by atoms with Gasteiger partial charge in [-0.05, 0) is 24.8 Å². The zero-order chi connectivity index (χ0) is 11.7. The molecule has 0 aliphatic carbocycles. The number of rotatable bonds is 2. The summed E-state index contributed by atoms with van der Waals surface area (Å²) in [5, 5.41) is 9.73. The van der Waals surface area contributed by atoms with Crippen molar-refractivity contribution in [2.24, 2.45) is 11.8 Å². The summed E-state index contributed by atoms with van der Waals surface area (Å²) in [7, 11) is 0. The number of anilines is 1. The van der Waals surface area contributed by atoms with Gasteiger partial charge >= 0.3 is 0 Å². The van der Waals surface area contributed by atoms with Crippen LogP contribution >= 0.6 is 0 Å². The van der Waals surface area contributed by atoms with Crippen molar-refractivity contribution in [3.63, 3.8) is 0 Å². The summed E-state index contributed by atoms with van der Waals surface area (Å²) in [6.07, 6.45) is 1.35. The maximum absolute atomic E-state index is 9.73. The third-order valence-corrected chi connectivity index (χ3v) is 3.55. The Morgan fingerprint density at radius 2 is 2.00 bits per heavy atom. The number of hydrogen-bond donors (Lipinski definition) is 1. The minimum absolute atomic E-state index is 0.449. The van der Waals surface area contributed by atoms with Crippen molar-refractivity contribution in [1.82, 2.24) is 4.98 Å². The molecule has 2 unspecified atom stereocenters. The number of nitrogens with zero attached hydrogens (tertiary/aromatic N) is 2. The van der Waals surface area contributed by atoms with Gasteiger partial charge in [-0.25, -0.2) is 4.98 Å². The molecule has 1 aromatic heterocycles. The molecule has 1 saturated heterocycles. The monoisotopic (exact) mass is 220 g/mol. The quantitative estimate of drug-likeness (QED) is 0.830. The van der Waals surface area contributed by atoms with Crippen molar-refractivity contribution >= 4 is 5.82 Å². The standard InChI is InChI=1S/C13H20N2O/c1-9-7-15(8-10(9)2)13-12(11(3)16)5-4-6-14-13/h4-6,9-11,16H,7-8H2,1-3H3/t9?,10?,11-/m0/s1. The highest BCUT2D eigenvalue weighted by Crippen LogP contribution is 2.30. The Kier molecular flexibility index (Phi) is 3.15. The Bertz CT molecular complexity index is 355. The fourth-order valence-corrected chi connectivity index (χ4v) is 2.30. The minimum atomic E-state index is -0.449. The summed E-state index contributed by atoms with van der Waals surface area (Å²) in [5.41, 5.74) is 0.934. The van der Waals surface area contributed by atoms with Gasteiger partial charge in [0.25, 0.3) is 0 Å². The lowest BCUT2D eigenvalue weighted by atomic mass is 10.0. The largest absolute Gasteiger partial charge is 0.389 e. The van der Waals surface area contributed by atoms with Crippen molar-refractivity contribution in [3.8, 4) is 0 Å². The van der Waals surface area contributed by atoms with Gasteiger partial charge in [0.1, 0.15) is 5.82 Å². The van der Waals surface area contributed by atoms with Crippen LogP contribution in [0.1, 0.15) is 32.4 Å². The third kappa shape index (κ3) is 2.05. The van der Waals surface area contributed by atoms with E-state index in [1.165, 1.54) is 0 Å². The van der Waals surface area contributed by atoms with Gasteiger partial charge in [0, 0.05) is 24.8 Å². The van der Waals surface area contributed by atoms with Gasteiger partial charge in [-0.3, -0.25) is 0 Å². The van der Waals surface area contributed by atoms with E-state index in [2.05, 4.69) is 23.7 Å². The SMILES string of the molecule is CC1CN(c2ncccc2[C@H](C)O)CC1C. The summed E-state index contributed by atoms with van der Waals surface area (Å²) < 4.78 is 0. The molecule has 1 N–H and O–H groups in total. The van der Waals surface area contributed by atoms with E-state index in [0.29, 0.717) is 11.8 Å². The number of aliphatic hydroxyl groups excluding tert-OH is 1. The number of pyridine rings is 1. The predicted molar refractivity (Wildman–Crippen MR) is 65.4 cm³/mol. The van der Waals surface area contributed by atoms with E-state index in [1.807, 2.05) is 12.1 Å². The van der Waals surface area contributed by atoms with Crippen molar-refractivity contribution in [2.75, 3.05) is 18.0 Å². The molecule has 0 saturated carbocycles. The summed E-state index contributed by atoms with van der Waals surface area (Å²) in [6, 6.07) is 3.84. The van der Waals surface area contributed by atoms with E-state index < -0.39 is 6.10 Å². The average molecular weight is 220 g/mol. The Balaban J connectivity index is 2.27. The Morgan fingerprint density at radius 1 is 1.38 bits per heavy atom. The topological polar surface area (TPSA) is 36.4 Å². The number of aliphatic hydroxyl groups is 1. The van der Waals surface area contributed by atoms with Gasteiger partial charge in [-0.15, -0.1) is 0 Å². The summed E-state index contributed by atoms with van der Waals surface area (Å²) >= 11 is 0. The molecule has 1 aliphatic heterocycles. The summed E-state index contributed by atoms with van der Waals surface area (Å²) in [6.45, 7) is 8.42. The van der Waals surface area contributed by atoms with Crippen molar-refractivity contribution in [1.29, 1.82) is 0 Å². The second-order valence-electron chi connectivity index (χ2n) is 4.95. The molecule has 2 heterocycles. The van der Waals surface area contributed by atoms with Crippen LogP contribution in [0.3, 0.4) is 0 Å². The molecule has 0 amide bonds. The highest BCUT2D eigenvalue weighted by Gasteiger charge is 2.28. The van der Waals surface area contributed by atoms with E-state index >= 15 is 0 Å². The lowest BCUT2D eigenvalue weighted by molar-refractivity contribution is 0.199. The van der Waals surface area contributed by atoms with E-state index in [9.17, 15) is 5.11 Å². The first-order valence-electron chi connectivity index (χ1n) is 5.97.